The molecule has 1 saturated heterocycles. The van der Waals surface area contributed by atoms with Gasteiger partial charge in [-0.1, -0.05) is 18.2 Å². The van der Waals surface area contributed by atoms with E-state index < -0.39 is 11.8 Å². The van der Waals surface area contributed by atoms with E-state index in [0.717, 1.165) is 49.0 Å². The quantitative estimate of drug-likeness (QED) is 0.414. The van der Waals surface area contributed by atoms with Crippen LogP contribution in [0.4, 0.5) is 4.39 Å². The Morgan fingerprint density at radius 1 is 1.11 bits per heavy atom. The Morgan fingerprint density at radius 3 is 2.61 bits per heavy atom. The minimum Gasteiger partial charge on any atom is -0.477 e. The number of benzene rings is 1. The van der Waals surface area contributed by atoms with E-state index >= 15 is 0 Å². The number of likely N-dealkylation sites (tertiary alicyclic amines) is 1. The standard InChI is InChI=1S/C16H13FN2O2.C10H16N4O/c1-2-9-5-6-18-8-12(9)10-3-4-13(17)15-11(10)7-14(19-15)16(20)21;15-10(13-6-2-1-3-7-13)4-8-14-9-5-11-12-14/h3-8,19H,2H2,1H3,(H,20,21);5,9H,1-4,6-8H2. The summed E-state index contributed by atoms with van der Waals surface area (Å²) >= 11 is 0. The molecule has 0 bridgehead atoms. The number of aryl methyl sites for hydroxylation is 2. The number of aromatic amines is 1. The molecule has 0 aliphatic carbocycles. The molecule has 1 aliphatic heterocycles. The summed E-state index contributed by atoms with van der Waals surface area (Å²) in [5, 5.41) is 17.2. The lowest BCUT2D eigenvalue weighted by Gasteiger charge is -2.26. The number of fused-ring (bicyclic) bond motifs is 1. The third-order valence-corrected chi connectivity index (χ3v) is 6.29. The van der Waals surface area contributed by atoms with Gasteiger partial charge in [0.15, 0.2) is 0 Å². The summed E-state index contributed by atoms with van der Waals surface area (Å²) in [6.45, 7) is 4.51. The van der Waals surface area contributed by atoms with Crippen molar-refractivity contribution in [2.75, 3.05) is 13.1 Å². The average molecular weight is 493 g/mol. The maximum Gasteiger partial charge on any atom is 0.352 e. The van der Waals surface area contributed by atoms with E-state index in [0.29, 0.717) is 18.4 Å². The van der Waals surface area contributed by atoms with Gasteiger partial charge in [-0.3, -0.25) is 14.5 Å². The van der Waals surface area contributed by atoms with E-state index in [1.165, 1.54) is 18.6 Å². The van der Waals surface area contributed by atoms with Gasteiger partial charge in [0.05, 0.1) is 18.3 Å². The van der Waals surface area contributed by atoms with E-state index in [1.54, 1.807) is 35.5 Å². The lowest BCUT2D eigenvalue weighted by molar-refractivity contribution is -0.132. The van der Waals surface area contributed by atoms with Gasteiger partial charge in [-0.05, 0) is 55.0 Å². The maximum absolute atomic E-state index is 13.9. The molecule has 4 heterocycles. The highest BCUT2D eigenvalue weighted by atomic mass is 19.1. The molecule has 188 valence electrons. The Labute approximate surface area is 208 Å². The molecule has 1 aliphatic rings. The van der Waals surface area contributed by atoms with E-state index in [2.05, 4.69) is 20.3 Å². The summed E-state index contributed by atoms with van der Waals surface area (Å²) in [6, 6.07) is 6.37. The van der Waals surface area contributed by atoms with Gasteiger partial charge >= 0.3 is 5.97 Å². The number of aromatic nitrogens is 5. The molecule has 5 rings (SSSR count). The molecular weight excluding hydrogens is 463 g/mol. The molecule has 9 nitrogen and oxygen atoms in total. The van der Waals surface area contributed by atoms with Crippen LogP contribution < -0.4 is 0 Å². The summed E-state index contributed by atoms with van der Waals surface area (Å²) in [4.78, 5) is 31.5. The predicted octanol–water partition coefficient (Wildman–Crippen LogP) is 4.31. The number of piperidine rings is 1. The number of amides is 1. The number of aromatic carboxylic acids is 1. The summed E-state index contributed by atoms with van der Waals surface area (Å²) in [7, 11) is 0. The lowest BCUT2D eigenvalue weighted by Crippen LogP contribution is -2.36. The molecule has 0 saturated carbocycles. The molecular formula is C26H29FN6O3. The van der Waals surface area contributed by atoms with Crippen molar-refractivity contribution in [1.82, 2.24) is 29.9 Å². The number of hydrogen-bond donors (Lipinski definition) is 2. The third kappa shape index (κ3) is 5.76. The van der Waals surface area contributed by atoms with Crippen LogP contribution >= 0.6 is 0 Å². The van der Waals surface area contributed by atoms with Crippen LogP contribution in [0.15, 0.2) is 49.1 Å². The molecule has 1 aromatic carbocycles. The second-order valence-electron chi connectivity index (χ2n) is 8.62. The van der Waals surface area contributed by atoms with Crippen molar-refractivity contribution in [2.24, 2.45) is 0 Å². The molecule has 0 atom stereocenters. The fourth-order valence-corrected chi connectivity index (χ4v) is 4.37. The number of carboxylic acids is 1. The molecule has 2 N–H and O–H groups in total. The normalized spacial score (nSPS) is 13.3. The molecule has 0 spiro atoms. The maximum atomic E-state index is 13.9. The SMILES string of the molecule is CCc1ccncc1-c1ccc(F)c2[nH]c(C(=O)O)cc12.O=C(CCn1ccnn1)N1CCCCC1. The topological polar surface area (TPSA) is 117 Å². The number of nitrogens with zero attached hydrogens (tertiary/aromatic N) is 5. The predicted molar refractivity (Wildman–Crippen MR) is 133 cm³/mol. The minimum atomic E-state index is -1.11. The lowest BCUT2D eigenvalue weighted by atomic mass is 9.97. The van der Waals surface area contributed by atoms with Gasteiger partial charge in [0.25, 0.3) is 0 Å². The van der Waals surface area contributed by atoms with Crippen molar-refractivity contribution in [1.29, 1.82) is 0 Å². The first-order valence-corrected chi connectivity index (χ1v) is 12.1. The smallest absolute Gasteiger partial charge is 0.352 e. The highest BCUT2D eigenvalue weighted by Gasteiger charge is 2.17. The van der Waals surface area contributed by atoms with Crippen LogP contribution in [-0.2, 0) is 17.8 Å². The largest absolute Gasteiger partial charge is 0.477 e. The van der Waals surface area contributed by atoms with Gasteiger partial charge in [0.1, 0.15) is 11.5 Å². The zero-order valence-electron chi connectivity index (χ0n) is 20.2. The number of carbonyl (C=O) groups is 2. The summed E-state index contributed by atoms with van der Waals surface area (Å²) in [5.41, 5.74) is 2.92. The van der Waals surface area contributed by atoms with E-state index in [1.807, 2.05) is 17.9 Å². The van der Waals surface area contributed by atoms with E-state index in [9.17, 15) is 14.0 Å². The third-order valence-electron chi connectivity index (χ3n) is 6.29. The first-order chi connectivity index (χ1) is 17.5. The van der Waals surface area contributed by atoms with Crippen molar-refractivity contribution < 1.29 is 19.1 Å². The van der Waals surface area contributed by atoms with Crippen LogP contribution in [0.5, 0.6) is 0 Å². The minimum absolute atomic E-state index is 0.0294. The number of carboxylic acid groups (broad SMARTS) is 1. The Kier molecular flexibility index (Phi) is 8.04. The van der Waals surface area contributed by atoms with Crippen molar-refractivity contribution in [2.45, 2.75) is 45.6 Å². The zero-order chi connectivity index (χ0) is 25.5. The molecule has 0 unspecified atom stereocenters. The number of carbonyl (C=O) groups excluding carboxylic acids is 1. The van der Waals surface area contributed by atoms with Crippen LogP contribution in [0.1, 0.15) is 48.7 Å². The van der Waals surface area contributed by atoms with Crippen molar-refractivity contribution in [3.05, 3.63) is 66.1 Å². The fourth-order valence-electron chi connectivity index (χ4n) is 4.37. The molecule has 4 aromatic rings. The second kappa shape index (κ2) is 11.6. The monoisotopic (exact) mass is 492 g/mol. The van der Waals surface area contributed by atoms with Crippen LogP contribution in [0.3, 0.4) is 0 Å². The Bertz CT molecular complexity index is 1330. The highest BCUT2D eigenvalue weighted by Crippen LogP contribution is 2.32. The Balaban J connectivity index is 0.000000179. The van der Waals surface area contributed by atoms with Gasteiger partial charge in [-0.2, -0.15) is 0 Å². The first-order valence-electron chi connectivity index (χ1n) is 12.1. The summed E-state index contributed by atoms with van der Waals surface area (Å²) < 4.78 is 15.6. The molecule has 3 aromatic heterocycles. The van der Waals surface area contributed by atoms with E-state index in [-0.39, 0.29) is 17.1 Å². The fraction of sp³-hybridized carbons (Fsp3) is 0.346. The van der Waals surface area contributed by atoms with Crippen LogP contribution in [-0.4, -0.2) is 59.9 Å². The van der Waals surface area contributed by atoms with Crippen LogP contribution in [0.25, 0.3) is 22.0 Å². The van der Waals surface area contributed by atoms with Crippen molar-refractivity contribution in [3.8, 4) is 11.1 Å². The second-order valence-corrected chi connectivity index (χ2v) is 8.62. The number of halogens is 1. The number of hydrogen-bond acceptors (Lipinski definition) is 5. The van der Waals surface area contributed by atoms with Gasteiger partial charge in [-0.25, -0.2) is 9.18 Å². The molecule has 1 fully saturated rings. The molecule has 0 radical (unpaired) electrons. The Hall–Kier alpha value is -4.08. The van der Waals surface area contributed by atoms with Gasteiger partial charge in [0.2, 0.25) is 5.91 Å². The van der Waals surface area contributed by atoms with Crippen molar-refractivity contribution in [3.63, 3.8) is 0 Å². The zero-order valence-corrected chi connectivity index (χ0v) is 20.2. The number of rotatable bonds is 6. The summed E-state index contributed by atoms with van der Waals surface area (Å²) in [6.07, 6.45) is 11.7. The van der Waals surface area contributed by atoms with Gasteiger partial charge in [-0.15, -0.1) is 5.10 Å². The van der Waals surface area contributed by atoms with Gasteiger partial charge < -0.3 is 15.0 Å². The first kappa shape index (κ1) is 25.0. The van der Waals surface area contributed by atoms with Crippen LogP contribution in [0.2, 0.25) is 0 Å². The number of pyridine rings is 1. The molecule has 36 heavy (non-hydrogen) atoms. The van der Waals surface area contributed by atoms with E-state index in [4.69, 9.17) is 5.11 Å². The molecule has 10 heteroatoms. The van der Waals surface area contributed by atoms with Gasteiger partial charge in [0, 0.05) is 49.1 Å². The average Bonchev–Trinajstić information content (AvgIpc) is 3.60. The number of nitrogens with one attached hydrogen (secondary N) is 1. The van der Waals surface area contributed by atoms with Crippen LogP contribution in [0, 0.1) is 5.82 Å². The highest BCUT2D eigenvalue weighted by molar-refractivity contribution is 6.01. The summed E-state index contributed by atoms with van der Waals surface area (Å²) in [5.74, 6) is -1.34. The van der Waals surface area contributed by atoms with Crippen molar-refractivity contribution >= 4 is 22.8 Å². The Morgan fingerprint density at radius 2 is 1.92 bits per heavy atom. The number of H-pyrrole nitrogens is 1. The molecule has 1 amide bonds.